The topological polar surface area (TPSA) is 44.0 Å². The summed E-state index contributed by atoms with van der Waals surface area (Å²) in [6.45, 7) is 0.0841. The Balaban J connectivity index is 2.39. The first-order valence-electron chi connectivity index (χ1n) is 4.50. The maximum absolute atomic E-state index is 9.56. The second-order valence-corrected chi connectivity index (χ2v) is 3.48. The van der Waals surface area contributed by atoms with Crippen LogP contribution in [-0.2, 0) is 12.7 Å². The van der Waals surface area contributed by atoms with Crippen molar-refractivity contribution in [2.24, 2.45) is 0 Å². The number of hydrogen-bond acceptors (Lipinski definition) is 2. The highest BCUT2D eigenvalue weighted by atomic mass is 16.3. The van der Waals surface area contributed by atoms with Crippen LogP contribution in [0.5, 0.6) is 5.75 Å². The van der Waals surface area contributed by atoms with E-state index in [1.165, 1.54) is 5.56 Å². The molecule has 13 heavy (non-hydrogen) atoms. The Bertz CT molecular complexity index is 370. The van der Waals surface area contributed by atoms with Gasteiger partial charge >= 0.3 is 0 Å². The van der Waals surface area contributed by atoms with Gasteiger partial charge in [0.1, 0.15) is 5.75 Å². The molecule has 0 aromatic heterocycles. The number of hydrogen-bond donors (Lipinski definition) is 1. The number of aromatic hydroxyl groups is 1. The SMILES string of the molecule is N#CB1CCc2cccc(O)c2C1. The molecule has 1 aliphatic heterocycles. The Labute approximate surface area is 77.9 Å². The van der Waals surface area contributed by atoms with E-state index >= 15 is 0 Å². The fraction of sp³-hybridized carbons (Fsp3) is 0.300. The fourth-order valence-corrected chi connectivity index (χ4v) is 1.88. The van der Waals surface area contributed by atoms with Crippen LogP contribution in [0.25, 0.3) is 0 Å². The van der Waals surface area contributed by atoms with Crippen LogP contribution in [0.1, 0.15) is 11.1 Å². The lowest BCUT2D eigenvalue weighted by Crippen LogP contribution is -2.21. The zero-order valence-corrected chi connectivity index (χ0v) is 7.33. The number of rotatable bonds is 0. The molecule has 3 heteroatoms. The van der Waals surface area contributed by atoms with Crippen molar-refractivity contribution in [1.29, 1.82) is 5.26 Å². The van der Waals surface area contributed by atoms with E-state index in [9.17, 15) is 5.11 Å². The van der Waals surface area contributed by atoms with Gasteiger partial charge in [0.25, 0.3) is 6.71 Å². The van der Waals surface area contributed by atoms with Crippen LogP contribution >= 0.6 is 0 Å². The Kier molecular flexibility index (Phi) is 1.98. The summed E-state index contributed by atoms with van der Waals surface area (Å²) in [5, 5.41) is 18.3. The average Bonchev–Trinajstić information content (AvgIpc) is 2.18. The van der Waals surface area contributed by atoms with Crippen LogP contribution in [0, 0.1) is 11.2 Å². The van der Waals surface area contributed by atoms with E-state index < -0.39 is 0 Å². The molecule has 0 radical (unpaired) electrons. The summed E-state index contributed by atoms with van der Waals surface area (Å²) in [5.41, 5.74) is 2.17. The molecule has 0 amide bonds. The molecule has 1 aliphatic rings. The van der Waals surface area contributed by atoms with Gasteiger partial charge in [0.05, 0.1) is 0 Å². The summed E-state index contributed by atoms with van der Waals surface area (Å²) >= 11 is 0. The molecule has 0 saturated carbocycles. The van der Waals surface area contributed by atoms with Gasteiger partial charge < -0.3 is 5.11 Å². The fourth-order valence-electron chi connectivity index (χ4n) is 1.88. The van der Waals surface area contributed by atoms with Crippen molar-refractivity contribution in [3.05, 3.63) is 29.3 Å². The van der Waals surface area contributed by atoms with Gasteiger partial charge in [0, 0.05) is 5.97 Å². The number of fused-ring (bicyclic) bond motifs is 1. The molecule has 1 N–H and O–H groups in total. The van der Waals surface area contributed by atoms with E-state index in [4.69, 9.17) is 5.26 Å². The Morgan fingerprint density at radius 2 is 2.31 bits per heavy atom. The van der Waals surface area contributed by atoms with Gasteiger partial charge in [-0.05, 0) is 29.9 Å². The third-order valence-electron chi connectivity index (χ3n) is 2.64. The summed E-state index contributed by atoms with van der Waals surface area (Å²) < 4.78 is 0. The van der Waals surface area contributed by atoms with Crippen molar-refractivity contribution in [2.45, 2.75) is 19.1 Å². The van der Waals surface area contributed by atoms with Crippen LogP contribution in [0.3, 0.4) is 0 Å². The first kappa shape index (κ1) is 8.19. The van der Waals surface area contributed by atoms with E-state index in [1.54, 1.807) is 6.07 Å². The lowest BCUT2D eigenvalue weighted by Gasteiger charge is -2.18. The minimum atomic E-state index is 0.0841. The maximum Gasteiger partial charge on any atom is 0.272 e. The van der Waals surface area contributed by atoms with Crippen molar-refractivity contribution >= 4 is 6.71 Å². The molecule has 64 valence electrons. The Hall–Kier alpha value is -1.43. The predicted octanol–water partition coefficient (Wildman–Crippen LogP) is 1.59. The molecule has 1 aromatic rings. The standard InChI is InChI=1S/C10H10BNO/c12-7-11-5-4-8-2-1-3-10(13)9(8)6-11/h1-3,13H,4-6H2. The quantitative estimate of drug-likeness (QED) is 0.602. The van der Waals surface area contributed by atoms with Gasteiger partial charge in [-0.25, -0.2) is 5.26 Å². The summed E-state index contributed by atoms with van der Waals surface area (Å²) in [7, 11) is 0. The second-order valence-electron chi connectivity index (χ2n) is 3.48. The molecule has 0 unspecified atom stereocenters. The molecular weight excluding hydrogens is 161 g/mol. The number of nitrogens with zero attached hydrogens (tertiary/aromatic N) is 1. The van der Waals surface area contributed by atoms with Crippen LogP contribution in [0.15, 0.2) is 18.2 Å². The van der Waals surface area contributed by atoms with Crippen LogP contribution in [-0.4, -0.2) is 11.8 Å². The largest absolute Gasteiger partial charge is 0.508 e. The number of phenols is 1. The van der Waals surface area contributed by atoms with Gasteiger partial charge in [-0.2, -0.15) is 0 Å². The van der Waals surface area contributed by atoms with Crippen molar-refractivity contribution < 1.29 is 5.11 Å². The summed E-state index contributed by atoms with van der Waals surface area (Å²) in [6.07, 6.45) is 2.55. The van der Waals surface area contributed by atoms with E-state index in [1.807, 2.05) is 12.1 Å². The Morgan fingerprint density at radius 1 is 1.46 bits per heavy atom. The van der Waals surface area contributed by atoms with Crippen molar-refractivity contribution in [3.8, 4) is 11.7 Å². The van der Waals surface area contributed by atoms with Crippen molar-refractivity contribution in [3.63, 3.8) is 0 Å². The molecule has 2 rings (SSSR count). The minimum absolute atomic E-state index is 0.0841. The molecular formula is C10H10BNO. The van der Waals surface area contributed by atoms with Crippen molar-refractivity contribution in [2.75, 3.05) is 0 Å². The first-order valence-corrected chi connectivity index (χ1v) is 4.50. The molecule has 0 aliphatic carbocycles. The van der Waals surface area contributed by atoms with E-state index in [2.05, 4.69) is 5.97 Å². The zero-order valence-electron chi connectivity index (χ0n) is 7.33. The van der Waals surface area contributed by atoms with E-state index in [-0.39, 0.29) is 6.71 Å². The third-order valence-corrected chi connectivity index (χ3v) is 2.64. The number of nitriles is 1. The monoisotopic (exact) mass is 171 g/mol. The number of phenolic OH excluding ortho intramolecular Hbond substituents is 1. The van der Waals surface area contributed by atoms with Gasteiger partial charge in [0.15, 0.2) is 0 Å². The highest BCUT2D eigenvalue weighted by Gasteiger charge is 2.23. The normalized spacial score (nSPS) is 14.8. The number of benzene rings is 1. The summed E-state index contributed by atoms with van der Waals surface area (Å²) in [6, 6.07) is 5.59. The molecule has 1 heterocycles. The van der Waals surface area contributed by atoms with Gasteiger partial charge in [-0.1, -0.05) is 18.5 Å². The summed E-state index contributed by atoms with van der Waals surface area (Å²) in [5.74, 6) is 2.61. The highest BCUT2D eigenvalue weighted by molar-refractivity contribution is 6.66. The van der Waals surface area contributed by atoms with Crippen LogP contribution in [0.2, 0.25) is 6.32 Å². The van der Waals surface area contributed by atoms with Gasteiger partial charge in [-0.15, -0.1) is 0 Å². The minimum Gasteiger partial charge on any atom is -0.508 e. The molecule has 2 nitrogen and oxygen atoms in total. The zero-order chi connectivity index (χ0) is 9.26. The molecule has 0 spiro atoms. The lowest BCUT2D eigenvalue weighted by molar-refractivity contribution is 0.469. The second kappa shape index (κ2) is 3.14. The first-order chi connectivity index (χ1) is 6.31. The molecule has 1 aromatic carbocycles. The number of aryl methyl sites for hydroxylation is 1. The van der Waals surface area contributed by atoms with E-state index in [0.29, 0.717) is 12.1 Å². The highest BCUT2D eigenvalue weighted by Crippen LogP contribution is 2.28. The lowest BCUT2D eigenvalue weighted by atomic mass is 9.42. The predicted molar refractivity (Wildman–Crippen MR) is 51.7 cm³/mol. The molecule has 0 bridgehead atoms. The maximum atomic E-state index is 9.56. The average molecular weight is 171 g/mol. The smallest absolute Gasteiger partial charge is 0.272 e. The van der Waals surface area contributed by atoms with Gasteiger partial charge in [-0.3, -0.25) is 0 Å². The van der Waals surface area contributed by atoms with Crippen LogP contribution < -0.4 is 0 Å². The van der Waals surface area contributed by atoms with Gasteiger partial charge in [0.2, 0.25) is 0 Å². The van der Waals surface area contributed by atoms with E-state index in [0.717, 1.165) is 18.3 Å². The molecule has 0 atom stereocenters. The van der Waals surface area contributed by atoms with Crippen molar-refractivity contribution in [1.82, 2.24) is 0 Å². The molecule has 0 fully saturated rings. The molecule has 0 saturated heterocycles. The Morgan fingerprint density at radius 3 is 3.08 bits per heavy atom. The summed E-state index contributed by atoms with van der Waals surface area (Å²) in [4.78, 5) is 0. The van der Waals surface area contributed by atoms with Crippen LogP contribution in [0.4, 0.5) is 0 Å². The third kappa shape index (κ3) is 1.40.